The van der Waals surface area contributed by atoms with Gasteiger partial charge in [-0.3, -0.25) is 4.79 Å². The van der Waals surface area contributed by atoms with Crippen molar-refractivity contribution in [3.8, 4) is 0 Å². The molecule has 0 saturated heterocycles. The summed E-state index contributed by atoms with van der Waals surface area (Å²) in [4.78, 5) is 14.8. The van der Waals surface area contributed by atoms with Gasteiger partial charge in [0.05, 0.1) is 0 Å². The Morgan fingerprint density at radius 1 is 1.40 bits per heavy atom. The molecule has 0 aromatic rings. The first-order valence-electron chi connectivity index (χ1n) is 7.51. The fourth-order valence-electron chi connectivity index (χ4n) is 2.95. The minimum atomic E-state index is -0.813. The summed E-state index contributed by atoms with van der Waals surface area (Å²) in [5.41, 5.74) is 4.96. The van der Waals surface area contributed by atoms with Gasteiger partial charge in [0, 0.05) is 12.6 Å². The smallest absolute Gasteiger partial charge is 0.234 e. The average molecular weight is 284 g/mol. The Balaban J connectivity index is 2.68. The molecule has 116 valence electrons. The standard InChI is InChI=1S/C14H28N4O2/c1-4-18(5-2)10-11(3)16-13(19)14(12(15)17-20)8-6-7-9-14/h11,20H,4-10H2,1-3H3,(H2,15,17)(H,16,19). The van der Waals surface area contributed by atoms with Gasteiger partial charge in [-0.05, 0) is 32.9 Å². The Morgan fingerprint density at radius 3 is 2.40 bits per heavy atom. The van der Waals surface area contributed by atoms with Crippen molar-refractivity contribution in [3.63, 3.8) is 0 Å². The molecule has 20 heavy (non-hydrogen) atoms. The number of amidine groups is 1. The van der Waals surface area contributed by atoms with E-state index in [9.17, 15) is 4.79 Å². The van der Waals surface area contributed by atoms with Gasteiger partial charge in [0.25, 0.3) is 0 Å². The molecular weight excluding hydrogens is 256 g/mol. The van der Waals surface area contributed by atoms with Gasteiger partial charge < -0.3 is 21.2 Å². The first kappa shape index (κ1) is 16.8. The van der Waals surface area contributed by atoms with E-state index in [1.807, 2.05) is 6.92 Å². The predicted octanol–water partition coefficient (Wildman–Crippen LogP) is 1.14. The normalized spacial score (nSPS) is 20.1. The summed E-state index contributed by atoms with van der Waals surface area (Å²) < 4.78 is 0. The molecule has 0 bridgehead atoms. The minimum absolute atomic E-state index is 0.0440. The fourth-order valence-corrected chi connectivity index (χ4v) is 2.95. The Morgan fingerprint density at radius 2 is 1.95 bits per heavy atom. The third-order valence-corrected chi connectivity index (χ3v) is 4.29. The molecule has 0 aliphatic heterocycles. The van der Waals surface area contributed by atoms with E-state index < -0.39 is 5.41 Å². The molecule has 1 rings (SSSR count). The summed E-state index contributed by atoms with van der Waals surface area (Å²) in [5.74, 6) is -0.0625. The Kier molecular flexibility index (Phi) is 6.26. The van der Waals surface area contributed by atoms with Crippen molar-refractivity contribution in [2.24, 2.45) is 16.3 Å². The van der Waals surface area contributed by atoms with Crippen molar-refractivity contribution >= 4 is 11.7 Å². The van der Waals surface area contributed by atoms with E-state index in [4.69, 9.17) is 10.9 Å². The number of likely N-dealkylation sites (N-methyl/N-ethyl adjacent to an activating group) is 1. The molecule has 6 heteroatoms. The molecule has 0 heterocycles. The molecule has 0 aromatic heterocycles. The van der Waals surface area contributed by atoms with E-state index in [0.29, 0.717) is 12.8 Å². The number of carbonyl (C=O) groups excluding carboxylic acids is 1. The second kappa shape index (κ2) is 7.47. The topological polar surface area (TPSA) is 91.0 Å². The summed E-state index contributed by atoms with van der Waals surface area (Å²) in [5, 5.41) is 15.1. The molecule has 6 nitrogen and oxygen atoms in total. The van der Waals surface area contributed by atoms with Crippen LogP contribution in [0.25, 0.3) is 0 Å². The van der Waals surface area contributed by atoms with Gasteiger partial charge in [0.2, 0.25) is 5.91 Å². The number of hydrogen-bond donors (Lipinski definition) is 3. The maximum Gasteiger partial charge on any atom is 0.234 e. The van der Waals surface area contributed by atoms with Crippen LogP contribution >= 0.6 is 0 Å². The third-order valence-electron chi connectivity index (χ3n) is 4.29. The monoisotopic (exact) mass is 284 g/mol. The lowest BCUT2D eigenvalue weighted by atomic mass is 9.83. The van der Waals surface area contributed by atoms with Crippen molar-refractivity contribution in [1.82, 2.24) is 10.2 Å². The highest BCUT2D eigenvalue weighted by molar-refractivity contribution is 6.07. The third kappa shape index (κ3) is 3.62. The molecule has 1 aliphatic carbocycles. The van der Waals surface area contributed by atoms with Crippen LogP contribution in [0.4, 0.5) is 0 Å². The maximum absolute atomic E-state index is 12.5. The van der Waals surface area contributed by atoms with Gasteiger partial charge in [-0.2, -0.15) is 0 Å². The number of nitrogens with zero attached hydrogens (tertiary/aromatic N) is 2. The van der Waals surface area contributed by atoms with Crippen molar-refractivity contribution in [2.75, 3.05) is 19.6 Å². The molecule has 1 aliphatic rings. The number of hydrogen-bond acceptors (Lipinski definition) is 4. The highest BCUT2D eigenvalue weighted by Crippen LogP contribution is 2.38. The Bertz CT molecular complexity index is 347. The van der Waals surface area contributed by atoms with Gasteiger partial charge >= 0.3 is 0 Å². The first-order chi connectivity index (χ1) is 9.50. The van der Waals surface area contributed by atoms with Crippen LogP contribution in [0.1, 0.15) is 46.5 Å². The molecule has 1 unspecified atom stereocenters. The van der Waals surface area contributed by atoms with Gasteiger partial charge in [0.1, 0.15) is 5.41 Å². The van der Waals surface area contributed by atoms with E-state index >= 15 is 0 Å². The Labute approximate surface area is 121 Å². The summed E-state index contributed by atoms with van der Waals surface area (Å²) in [6, 6.07) is 0.0476. The highest BCUT2D eigenvalue weighted by Gasteiger charge is 2.45. The number of nitrogens with one attached hydrogen (secondary N) is 1. The zero-order valence-corrected chi connectivity index (χ0v) is 12.9. The number of rotatable bonds is 7. The summed E-state index contributed by atoms with van der Waals surface area (Å²) in [6.45, 7) is 8.93. The molecule has 0 spiro atoms. The lowest BCUT2D eigenvalue weighted by Crippen LogP contribution is -2.52. The largest absolute Gasteiger partial charge is 0.409 e. The lowest BCUT2D eigenvalue weighted by molar-refractivity contribution is -0.128. The number of oxime groups is 1. The summed E-state index contributed by atoms with van der Waals surface area (Å²) in [7, 11) is 0. The van der Waals surface area contributed by atoms with E-state index in [1.165, 1.54) is 0 Å². The van der Waals surface area contributed by atoms with E-state index in [2.05, 4.69) is 29.2 Å². The Hall–Kier alpha value is -1.30. The maximum atomic E-state index is 12.5. The van der Waals surface area contributed by atoms with Crippen LogP contribution in [0.2, 0.25) is 0 Å². The summed E-state index contributed by atoms with van der Waals surface area (Å²) in [6.07, 6.45) is 3.20. The number of amides is 1. The molecule has 0 aromatic carbocycles. The van der Waals surface area contributed by atoms with Gasteiger partial charge in [-0.15, -0.1) is 0 Å². The van der Waals surface area contributed by atoms with Gasteiger partial charge in [0.15, 0.2) is 5.84 Å². The molecular formula is C14H28N4O2. The predicted molar refractivity (Wildman–Crippen MR) is 79.7 cm³/mol. The van der Waals surface area contributed by atoms with Crippen LogP contribution in [-0.2, 0) is 4.79 Å². The zero-order valence-electron chi connectivity index (χ0n) is 12.9. The van der Waals surface area contributed by atoms with Gasteiger partial charge in [-0.1, -0.05) is 31.8 Å². The van der Waals surface area contributed by atoms with E-state index in [1.54, 1.807) is 0 Å². The van der Waals surface area contributed by atoms with E-state index in [-0.39, 0.29) is 17.8 Å². The van der Waals surface area contributed by atoms with Crippen LogP contribution < -0.4 is 11.1 Å². The molecule has 1 fully saturated rings. The van der Waals surface area contributed by atoms with Crippen LogP contribution in [0.3, 0.4) is 0 Å². The molecule has 0 radical (unpaired) electrons. The average Bonchev–Trinajstić information content (AvgIpc) is 2.94. The van der Waals surface area contributed by atoms with Crippen molar-refractivity contribution in [2.45, 2.75) is 52.5 Å². The van der Waals surface area contributed by atoms with E-state index in [0.717, 1.165) is 32.5 Å². The second-order valence-electron chi connectivity index (χ2n) is 5.63. The van der Waals surface area contributed by atoms with Crippen molar-refractivity contribution in [1.29, 1.82) is 0 Å². The van der Waals surface area contributed by atoms with Crippen LogP contribution in [-0.4, -0.2) is 47.5 Å². The SMILES string of the molecule is CCN(CC)CC(C)NC(=O)C1(C(N)=NO)CCCC1. The first-order valence-corrected chi connectivity index (χ1v) is 7.51. The van der Waals surface area contributed by atoms with Crippen LogP contribution in [0.5, 0.6) is 0 Å². The highest BCUT2D eigenvalue weighted by atomic mass is 16.4. The van der Waals surface area contributed by atoms with Gasteiger partial charge in [-0.25, -0.2) is 0 Å². The summed E-state index contributed by atoms with van der Waals surface area (Å²) >= 11 is 0. The molecule has 1 amide bonds. The lowest BCUT2D eigenvalue weighted by Gasteiger charge is -2.30. The molecule has 1 saturated carbocycles. The number of carbonyl (C=O) groups is 1. The molecule has 1 atom stereocenters. The fraction of sp³-hybridized carbons (Fsp3) is 0.857. The quantitative estimate of drug-likeness (QED) is 0.283. The van der Waals surface area contributed by atoms with Crippen LogP contribution in [0.15, 0.2) is 5.16 Å². The molecule has 4 N–H and O–H groups in total. The van der Waals surface area contributed by atoms with Crippen LogP contribution in [0, 0.1) is 5.41 Å². The zero-order chi connectivity index (χ0) is 15.2. The number of nitrogens with two attached hydrogens (primary N) is 1. The van der Waals surface area contributed by atoms with Crippen molar-refractivity contribution < 1.29 is 10.0 Å². The second-order valence-corrected chi connectivity index (χ2v) is 5.63. The van der Waals surface area contributed by atoms with Crippen molar-refractivity contribution in [3.05, 3.63) is 0 Å². The minimum Gasteiger partial charge on any atom is -0.409 e.